The smallest absolute Gasteiger partial charge is 0.217 e. The highest BCUT2D eigenvalue weighted by Gasteiger charge is 1.99. The number of carbonyl (C=O) groups excluding carboxylic acids is 1. The second-order valence-corrected chi connectivity index (χ2v) is 9.34. The highest BCUT2D eigenvalue weighted by Crippen LogP contribution is 2.23. The second-order valence-electron chi connectivity index (χ2n) is 9.34. The highest BCUT2D eigenvalue weighted by molar-refractivity contribution is 6.15. The molecule has 0 bridgehead atoms. The Kier molecular flexibility index (Phi) is 28.5. The highest BCUT2D eigenvalue weighted by atomic mass is 35.5. The third-order valence-corrected chi connectivity index (χ3v) is 5.98. The number of hydrogen-bond donors (Lipinski definition) is 3. The summed E-state index contributed by atoms with van der Waals surface area (Å²) >= 11 is 4.64. The van der Waals surface area contributed by atoms with Gasteiger partial charge in [-0.05, 0) is 30.7 Å². The van der Waals surface area contributed by atoms with Gasteiger partial charge in [0.25, 0.3) is 0 Å². The predicted octanol–water partition coefficient (Wildman–Crippen LogP) is 9.67. The minimum Gasteiger partial charge on any atom is -0.384 e. The number of anilines is 2. The third-order valence-electron chi connectivity index (χ3n) is 5.98. The average Bonchev–Trinajstić information content (AvgIpc) is 2.92. The summed E-state index contributed by atoms with van der Waals surface area (Å²) in [6.45, 7) is 2.28. The summed E-state index contributed by atoms with van der Waals surface area (Å²) in [5, 5.41) is 8.03. The molecule has 39 heavy (non-hydrogen) atoms. The van der Waals surface area contributed by atoms with Crippen LogP contribution in [0, 0.1) is 0 Å². The van der Waals surface area contributed by atoms with Crippen LogP contribution in [0.5, 0.6) is 0 Å². The fourth-order valence-corrected chi connectivity index (χ4v) is 3.84. The predicted molar refractivity (Wildman–Crippen MR) is 171 cm³/mol. The van der Waals surface area contributed by atoms with Crippen LogP contribution in [-0.2, 0) is 4.79 Å². The van der Waals surface area contributed by atoms with Gasteiger partial charge in [0.1, 0.15) is 11.5 Å². The van der Waals surface area contributed by atoms with Crippen LogP contribution in [0.15, 0.2) is 52.7 Å². The van der Waals surface area contributed by atoms with Gasteiger partial charge in [0, 0.05) is 12.8 Å². The van der Waals surface area contributed by atoms with Crippen LogP contribution in [0.1, 0.15) is 110 Å². The molecule has 0 aliphatic carbocycles. The van der Waals surface area contributed by atoms with E-state index in [1.54, 1.807) is 12.1 Å². The number of alkyl halides is 1. The van der Waals surface area contributed by atoms with Gasteiger partial charge in [-0.3, -0.25) is 4.79 Å². The van der Waals surface area contributed by atoms with Crippen molar-refractivity contribution in [2.75, 3.05) is 17.9 Å². The fraction of sp³-hybridized carbons (Fsp3) is 0.600. The molecule has 9 heteroatoms. The Bertz CT molecular complexity index is 853. The van der Waals surface area contributed by atoms with Gasteiger partial charge in [-0.15, -0.1) is 29.1 Å². The fourth-order valence-electron chi connectivity index (χ4n) is 3.84. The second kappa shape index (κ2) is 28.6. The minimum absolute atomic E-state index is 0. The molecule has 2 aromatic rings. The van der Waals surface area contributed by atoms with E-state index in [0.717, 1.165) is 12.1 Å². The maximum absolute atomic E-state index is 10.6. The zero-order valence-corrected chi connectivity index (χ0v) is 25.7. The lowest BCUT2D eigenvalue weighted by atomic mass is 10.0. The number of primary amides is 1. The molecule has 222 valence electrons. The van der Waals surface area contributed by atoms with E-state index in [9.17, 15) is 4.79 Å². The van der Waals surface area contributed by atoms with Crippen LogP contribution >= 0.6 is 24.0 Å². The number of carbonyl (C=O) groups is 1. The zero-order chi connectivity index (χ0) is 28.3. The molecular formula is C30H52Cl2N6O. The van der Waals surface area contributed by atoms with Gasteiger partial charge in [-0.2, -0.15) is 5.11 Å². The third kappa shape index (κ3) is 24.4. The molecule has 0 radical (unpaired) electrons. The lowest BCUT2D eigenvalue weighted by Gasteiger charge is -2.03. The van der Waals surface area contributed by atoms with E-state index in [1.807, 2.05) is 30.3 Å². The number of nitrogen functional groups attached to an aromatic ring is 2. The van der Waals surface area contributed by atoms with E-state index >= 15 is 0 Å². The van der Waals surface area contributed by atoms with E-state index in [-0.39, 0.29) is 24.1 Å². The first kappa shape index (κ1) is 38.8. The summed E-state index contributed by atoms with van der Waals surface area (Å²) in [5.74, 6) is 0.496. The Morgan fingerprint density at radius 3 is 1.62 bits per heavy atom. The van der Waals surface area contributed by atoms with Gasteiger partial charge in [0.2, 0.25) is 5.91 Å². The van der Waals surface area contributed by atoms with Gasteiger partial charge < -0.3 is 17.2 Å². The molecule has 0 fully saturated rings. The van der Waals surface area contributed by atoms with Gasteiger partial charge in [0.15, 0.2) is 5.82 Å². The number of azo groups is 1. The van der Waals surface area contributed by atoms with E-state index < -0.39 is 0 Å². The summed E-state index contributed by atoms with van der Waals surface area (Å²) in [6, 6.07) is 12.7. The van der Waals surface area contributed by atoms with Crippen LogP contribution in [0.3, 0.4) is 0 Å². The summed E-state index contributed by atoms with van der Waals surface area (Å²) < 4.78 is 0. The van der Waals surface area contributed by atoms with E-state index in [2.05, 4.69) is 33.7 Å². The molecule has 6 N–H and O–H groups in total. The first-order valence-corrected chi connectivity index (χ1v) is 14.9. The normalized spacial score (nSPS) is 10.1. The summed E-state index contributed by atoms with van der Waals surface area (Å²) in [4.78, 5) is 14.4. The standard InChI is InChI=1S/C18H37NO.C11H11N5.CH3Cl.ClH/c1-2-3-4-5-6-7-8-9-10-11-12-13-14-15-16-17-18(19)20;12-10-7-6-9(11(13)14-10)16-15-8-4-2-1-3-5-8;1-2;/h2-17H2,1H3,(H2,19,20);1-7H,(H4,12,13,14);1H3;1H. The van der Waals surface area contributed by atoms with Gasteiger partial charge in [-0.25, -0.2) is 4.98 Å². The number of amides is 1. The van der Waals surface area contributed by atoms with Crippen molar-refractivity contribution in [3.8, 4) is 0 Å². The van der Waals surface area contributed by atoms with Crippen molar-refractivity contribution in [3.63, 3.8) is 0 Å². The number of rotatable bonds is 18. The maximum atomic E-state index is 10.6. The number of nitrogens with zero attached hydrogens (tertiary/aromatic N) is 3. The number of pyridine rings is 1. The van der Waals surface area contributed by atoms with Crippen molar-refractivity contribution in [2.24, 2.45) is 16.0 Å². The molecule has 0 aliphatic rings. The van der Waals surface area contributed by atoms with Crippen molar-refractivity contribution in [1.29, 1.82) is 0 Å². The SMILES string of the molecule is CCCCCCCCCCCCCCCCCC(N)=O.CCl.Cl.Nc1ccc(N=Nc2ccccc2)c(N)n1. The average molecular weight is 584 g/mol. The topological polar surface area (TPSA) is 133 Å². The number of unbranched alkanes of at least 4 members (excludes halogenated alkanes) is 14. The van der Waals surface area contributed by atoms with Gasteiger partial charge in [0.05, 0.1) is 5.69 Å². The van der Waals surface area contributed by atoms with E-state index in [0.29, 0.717) is 17.9 Å². The van der Waals surface area contributed by atoms with Crippen LogP contribution in [0.2, 0.25) is 0 Å². The first-order chi connectivity index (χ1) is 18.5. The van der Waals surface area contributed by atoms with E-state index in [1.165, 1.54) is 96.3 Å². The van der Waals surface area contributed by atoms with Crippen LogP contribution in [0.4, 0.5) is 23.0 Å². The van der Waals surface area contributed by atoms with E-state index in [4.69, 9.17) is 17.2 Å². The number of benzene rings is 1. The first-order valence-electron chi connectivity index (χ1n) is 14.2. The number of halogens is 2. The molecule has 0 saturated heterocycles. The minimum atomic E-state index is -0.153. The zero-order valence-electron chi connectivity index (χ0n) is 24.1. The molecule has 0 aliphatic heterocycles. The van der Waals surface area contributed by atoms with Crippen LogP contribution in [0.25, 0.3) is 0 Å². The largest absolute Gasteiger partial charge is 0.384 e. The maximum Gasteiger partial charge on any atom is 0.217 e. The molecule has 0 atom stereocenters. The van der Waals surface area contributed by atoms with Gasteiger partial charge in [-0.1, -0.05) is 115 Å². The number of aromatic nitrogens is 1. The lowest BCUT2D eigenvalue weighted by molar-refractivity contribution is -0.118. The molecule has 0 spiro atoms. The summed E-state index contributed by atoms with van der Waals surface area (Å²) in [5.41, 5.74) is 17.5. The Balaban J connectivity index is 0. The molecule has 1 aromatic heterocycles. The molecule has 1 amide bonds. The van der Waals surface area contributed by atoms with Gasteiger partial charge >= 0.3 is 0 Å². The summed E-state index contributed by atoms with van der Waals surface area (Å²) in [7, 11) is 0. The lowest BCUT2D eigenvalue weighted by Crippen LogP contribution is -2.09. The van der Waals surface area contributed by atoms with Crippen molar-refractivity contribution in [2.45, 2.75) is 110 Å². The molecule has 2 rings (SSSR count). The molecule has 7 nitrogen and oxygen atoms in total. The van der Waals surface area contributed by atoms with Crippen molar-refractivity contribution in [3.05, 3.63) is 42.5 Å². The molecule has 0 saturated carbocycles. The van der Waals surface area contributed by atoms with Crippen LogP contribution < -0.4 is 17.2 Å². The monoisotopic (exact) mass is 582 g/mol. The Morgan fingerprint density at radius 1 is 0.718 bits per heavy atom. The Hall–Kier alpha value is -2.38. The van der Waals surface area contributed by atoms with Crippen LogP contribution in [-0.4, -0.2) is 17.3 Å². The van der Waals surface area contributed by atoms with Crippen molar-refractivity contribution < 1.29 is 4.79 Å². The molecule has 1 heterocycles. The molecular weight excluding hydrogens is 531 g/mol. The summed E-state index contributed by atoms with van der Waals surface area (Å²) in [6.07, 6.45) is 22.4. The number of hydrogen-bond acceptors (Lipinski definition) is 6. The van der Waals surface area contributed by atoms with Crippen molar-refractivity contribution >= 4 is 52.9 Å². The number of nitrogens with two attached hydrogens (primary N) is 3. The quantitative estimate of drug-likeness (QED) is 0.0915. The molecule has 0 unspecified atom stereocenters. The Morgan fingerprint density at radius 2 is 1.18 bits per heavy atom. The Labute approximate surface area is 248 Å². The van der Waals surface area contributed by atoms with Crippen molar-refractivity contribution in [1.82, 2.24) is 4.98 Å². The molecule has 1 aromatic carbocycles.